The lowest BCUT2D eigenvalue weighted by Gasteiger charge is -2.28. The van der Waals surface area contributed by atoms with Gasteiger partial charge in [-0.05, 0) is 0 Å². The fraction of sp³-hybridized carbons (Fsp3) is 0.308. The van der Waals surface area contributed by atoms with Gasteiger partial charge in [-0.1, -0.05) is 41.9 Å². The zero-order chi connectivity index (χ0) is 12.4. The molecule has 2 heterocycles. The van der Waals surface area contributed by atoms with Crippen molar-refractivity contribution in [3.8, 4) is 11.3 Å². The highest BCUT2D eigenvalue weighted by Crippen LogP contribution is 2.25. The first-order valence-corrected chi connectivity index (χ1v) is 6.36. The predicted molar refractivity (Wildman–Crippen MR) is 71.4 cm³/mol. The van der Waals surface area contributed by atoms with Crippen LogP contribution < -0.4 is 5.01 Å². The van der Waals surface area contributed by atoms with Gasteiger partial charge in [-0.3, -0.25) is 5.01 Å². The molecular weight excluding hydrogens is 250 g/mol. The molecule has 0 saturated carbocycles. The van der Waals surface area contributed by atoms with Crippen molar-refractivity contribution in [1.29, 1.82) is 0 Å². The second kappa shape index (κ2) is 5.00. The maximum Gasteiger partial charge on any atom is 0.113 e. The molecule has 94 valence electrons. The number of rotatable bonds is 2. The van der Waals surface area contributed by atoms with Gasteiger partial charge in [-0.15, -0.1) is 0 Å². The molecule has 18 heavy (non-hydrogen) atoms. The van der Waals surface area contributed by atoms with E-state index in [-0.39, 0.29) is 0 Å². The number of nitrogens with zero attached hydrogens (tertiary/aromatic N) is 3. The second-order valence-electron chi connectivity index (χ2n) is 4.18. The van der Waals surface area contributed by atoms with E-state index in [2.05, 4.69) is 10.1 Å². The van der Waals surface area contributed by atoms with Crippen molar-refractivity contribution in [2.45, 2.75) is 0 Å². The van der Waals surface area contributed by atoms with E-state index in [9.17, 15) is 0 Å². The molecule has 1 aromatic heterocycles. The lowest BCUT2D eigenvalue weighted by atomic mass is 10.2. The smallest absolute Gasteiger partial charge is 0.113 e. The van der Waals surface area contributed by atoms with Crippen molar-refractivity contribution in [3.05, 3.63) is 41.6 Å². The molecule has 1 fully saturated rings. The zero-order valence-corrected chi connectivity index (χ0v) is 10.7. The van der Waals surface area contributed by atoms with Gasteiger partial charge in [0.25, 0.3) is 0 Å². The average Bonchev–Trinajstić information content (AvgIpc) is 2.83. The molecule has 1 aromatic carbocycles. The summed E-state index contributed by atoms with van der Waals surface area (Å²) in [5.74, 6) is 0. The standard InChI is InChI=1S/C13H14ClN3O/c14-12-10-17(16-6-8-18-9-7-16)15-13(12)11-4-2-1-3-5-11/h1-5,10H,6-9H2. The Morgan fingerprint density at radius 3 is 2.56 bits per heavy atom. The number of hydrogen-bond acceptors (Lipinski definition) is 3. The second-order valence-corrected chi connectivity index (χ2v) is 4.59. The van der Waals surface area contributed by atoms with Crippen molar-refractivity contribution in [2.24, 2.45) is 0 Å². The van der Waals surface area contributed by atoms with Crippen LogP contribution >= 0.6 is 11.6 Å². The molecule has 1 aliphatic heterocycles. The lowest BCUT2D eigenvalue weighted by molar-refractivity contribution is 0.109. The predicted octanol–water partition coefficient (Wildman–Crippen LogP) is 2.17. The Morgan fingerprint density at radius 1 is 1.11 bits per heavy atom. The van der Waals surface area contributed by atoms with Gasteiger partial charge in [0.15, 0.2) is 0 Å². The maximum absolute atomic E-state index is 6.26. The molecule has 0 amide bonds. The normalized spacial score (nSPS) is 15.9. The van der Waals surface area contributed by atoms with Crippen molar-refractivity contribution in [3.63, 3.8) is 0 Å². The molecule has 0 atom stereocenters. The Morgan fingerprint density at radius 2 is 1.83 bits per heavy atom. The molecule has 0 unspecified atom stereocenters. The number of benzene rings is 1. The van der Waals surface area contributed by atoms with Crippen LogP contribution in [-0.2, 0) is 4.74 Å². The highest BCUT2D eigenvalue weighted by atomic mass is 35.5. The summed E-state index contributed by atoms with van der Waals surface area (Å²) in [6.45, 7) is 3.15. The minimum absolute atomic E-state index is 0.674. The summed E-state index contributed by atoms with van der Waals surface area (Å²) in [5, 5.41) is 7.36. The first-order valence-electron chi connectivity index (χ1n) is 5.98. The molecule has 0 radical (unpaired) electrons. The first-order chi connectivity index (χ1) is 8.84. The zero-order valence-electron chi connectivity index (χ0n) is 9.92. The fourth-order valence-corrected chi connectivity index (χ4v) is 2.27. The van der Waals surface area contributed by atoms with Crippen LogP contribution in [0.15, 0.2) is 36.5 Å². The lowest BCUT2D eigenvalue weighted by Crippen LogP contribution is -2.44. The SMILES string of the molecule is Clc1cn(N2CCOCC2)nc1-c1ccccc1. The summed E-state index contributed by atoms with van der Waals surface area (Å²) in [6.07, 6.45) is 1.86. The van der Waals surface area contributed by atoms with Crippen LogP contribution in [0.1, 0.15) is 0 Å². The summed E-state index contributed by atoms with van der Waals surface area (Å²) in [5.41, 5.74) is 1.86. The van der Waals surface area contributed by atoms with E-state index in [1.54, 1.807) is 0 Å². The van der Waals surface area contributed by atoms with Crippen LogP contribution in [0.3, 0.4) is 0 Å². The monoisotopic (exact) mass is 263 g/mol. The summed E-state index contributed by atoms with van der Waals surface area (Å²) in [4.78, 5) is 1.83. The molecule has 0 aliphatic carbocycles. The van der Waals surface area contributed by atoms with Crippen LogP contribution in [-0.4, -0.2) is 36.2 Å². The van der Waals surface area contributed by atoms with E-state index < -0.39 is 0 Å². The Labute approximate surface area is 111 Å². The van der Waals surface area contributed by atoms with Gasteiger partial charge in [0.2, 0.25) is 0 Å². The largest absolute Gasteiger partial charge is 0.378 e. The van der Waals surface area contributed by atoms with Gasteiger partial charge in [-0.2, -0.15) is 9.89 Å². The Kier molecular flexibility index (Phi) is 3.21. The number of halogens is 1. The molecule has 0 bridgehead atoms. The quantitative estimate of drug-likeness (QED) is 0.832. The van der Waals surface area contributed by atoms with E-state index in [0.29, 0.717) is 5.02 Å². The number of morpholine rings is 1. The highest BCUT2D eigenvalue weighted by Gasteiger charge is 2.15. The molecule has 5 heteroatoms. The molecule has 4 nitrogen and oxygen atoms in total. The van der Waals surface area contributed by atoms with Gasteiger partial charge in [-0.25, -0.2) is 0 Å². The summed E-state index contributed by atoms with van der Waals surface area (Å²) in [7, 11) is 0. The van der Waals surface area contributed by atoms with Crippen molar-refractivity contribution in [2.75, 3.05) is 31.3 Å². The van der Waals surface area contributed by atoms with Crippen molar-refractivity contribution >= 4 is 11.6 Å². The van der Waals surface area contributed by atoms with Gasteiger partial charge >= 0.3 is 0 Å². The first kappa shape index (κ1) is 11.6. The van der Waals surface area contributed by atoms with Crippen LogP contribution in [0.25, 0.3) is 11.3 Å². The Balaban J connectivity index is 1.91. The molecule has 2 aromatic rings. The van der Waals surface area contributed by atoms with Crippen LogP contribution in [0.2, 0.25) is 5.02 Å². The average molecular weight is 264 g/mol. The van der Waals surface area contributed by atoms with E-state index in [1.807, 2.05) is 41.3 Å². The third-order valence-corrected chi connectivity index (χ3v) is 3.26. The summed E-state index contributed by atoms with van der Waals surface area (Å²) in [6, 6.07) is 9.98. The van der Waals surface area contributed by atoms with Gasteiger partial charge in [0, 0.05) is 5.56 Å². The number of ether oxygens (including phenoxy) is 1. The molecule has 0 N–H and O–H groups in total. The fourth-order valence-electron chi connectivity index (χ4n) is 2.04. The molecule has 1 saturated heterocycles. The van der Waals surface area contributed by atoms with E-state index >= 15 is 0 Å². The minimum atomic E-state index is 0.674. The molecule has 3 rings (SSSR count). The van der Waals surface area contributed by atoms with E-state index in [1.165, 1.54) is 0 Å². The minimum Gasteiger partial charge on any atom is -0.378 e. The van der Waals surface area contributed by atoms with Crippen LogP contribution in [0.4, 0.5) is 0 Å². The van der Waals surface area contributed by atoms with Crippen molar-refractivity contribution < 1.29 is 4.74 Å². The third kappa shape index (κ3) is 2.21. The Hall–Kier alpha value is -1.52. The van der Waals surface area contributed by atoms with Crippen molar-refractivity contribution in [1.82, 2.24) is 9.89 Å². The topological polar surface area (TPSA) is 30.3 Å². The van der Waals surface area contributed by atoms with Crippen LogP contribution in [0, 0.1) is 0 Å². The number of hydrogen-bond donors (Lipinski definition) is 0. The molecule has 0 spiro atoms. The summed E-state index contributed by atoms with van der Waals surface area (Å²) >= 11 is 6.26. The third-order valence-electron chi connectivity index (χ3n) is 2.98. The maximum atomic E-state index is 6.26. The van der Waals surface area contributed by atoms with Gasteiger partial charge in [0.05, 0.1) is 37.5 Å². The van der Waals surface area contributed by atoms with E-state index in [0.717, 1.165) is 37.6 Å². The highest BCUT2D eigenvalue weighted by molar-refractivity contribution is 6.33. The van der Waals surface area contributed by atoms with Gasteiger partial charge in [0.1, 0.15) is 5.69 Å². The number of aromatic nitrogens is 2. The Bertz CT molecular complexity index is 520. The van der Waals surface area contributed by atoms with E-state index in [4.69, 9.17) is 16.3 Å². The molecular formula is C13H14ClN3O. The van der Waals surface area contributed by atoms with Crippen LogP contribution in [0.5, 0.6) is 0 Å². The summed E-state index contributed by atoms with van der Waals surface area (Å²) < 4.78 is 5.33. The van der Waals surface area contributed by atoms with Gasteiger partial charge < -0.3 is 4.74 Å². The molecule has 1 aliphatic rings.